The highest BCUT2D eigenvalue weighted by molar-refractivity contribution is 5.77. The number of benzene rings is 1. The van der Waals surface area contributed by atoms with Crippen molar-refractivity contribution in [2.75, 3.05) is 13.7 Å². The van der Waals surface area contributed by atoms with Gasteiger partial charge in [-0.1, -0.05) is 12.1 Å². The van der Waals surface area contributed by atoms with E-state index in [-0.39, 0.29) is 25.5 Å². The maximum Gasteiger partial charge on any atom is 0.308 e. The zero-order valence-electron chi connectivity index (χ0n) is 13.5. The predicted molar refractivity (Wildman–Crippen MR) is 82.9 cm³/mol. The van der Waals surface area contributed by atoms with Crippen LogP contribution < -0.4 is 10.1 Å². The van der Waals surface area contributed by atoms with Crippen molar-refractivity contribution in [1.29, 1.82) is 0 Å². The van der Waals surface area contributed by atoms with Crippen LogP contribution >= 0.6 is 0 Å². The van der Waals surface area contributed by atoms with Gasteiger partial charge < -0.3 is 14.8 Å². The summed E-state index contributed by atoms with van der Waals surface area (Å²) in [5, 5.41) is 13.4. The number of ether oxygens (including phenoxy) is 2. The number of amides is 1. The number of hydrogen-bond donors (Lipinski definition) is 1. The van der Waals surface area contributed by atoms with E-state index < -0.39 is 12.0 Å². The lowest BCUT2D eigenvalue weighted by Gasteiger charge is -2.19. The first-order chi connectivity index (χ1) is 11.6. The van der Waals surface area contributed by atoms with E-state index in [0.29, 0.717) is 5.75 Å². The van der Waals surface area contributed by atoms with E-state index in [1.165, 1.54) is 11.0 Å². The van der Waals surface area contributed by atoms with Gasteiger partial charge in [0.05, 0.1) is 26.2 Å². The minimum Gasteiger partial charge on any atom is -0.497 e. The predicted octanol–water partition coefficient (Wildman–Crippen LogP) is 0.492. The van der Waals surface area contributed by atoms with Crippen molar-refractivity contribution in [3.8, 4) is 5.75 Å². The maximum atomic E-state index is 12.2. The van der Waals surface area contributed by atoms with E-state index >= 15 is 0 Å². The van der Waals surface area contributed by atoms with Gasteiger partial charge in [0, 0.05) is 0 Å². The maximum absolute atomic E-state index is 12.2. The van der Waals surface area contributed by atoms with Gasteiger partial charge in [-0.25, -0.2) is 4.68 Å². The quantitative estimate of drug-likeness (QED) is 0.700. The van der Waals surface area contributed by atoms with E-state index in [0.717, 1.165) is 5.56 Å². The van der Waals surface area contributed by atoms with Gasteiger partial charge in [0.15, 0.2) is 0 Å². The Hall–Kier alpha value is -2.97. The Morgan fingerprint density at radius 1 is 1.38 bits per heavy atom. The zero-order valence-corrected chi connectivity index (χ0v) is 13.5. The molecule has 1 N–H and O–H groups in total. The molecule has 0 unspecified atom stereocenters. The van der Waals surface area contributed by atoms with E-state index in [1.54, 1.807) is 32.2 Å². The fourth-order valence-corrected chi connectivity index (χ4v) is 2.14. The molecule has 9 heteroatoms. The molecule has 0 bridgehead atoms. The zero-order chi connectivity index (χ0) is 17.4. The van der Waals surface area contributed by atoms with Gasteiger partial charge in [-0.05, 0) is 35.0 Å². The summed E-state index contributed by atoms with van der Waals surface area (Å²) in [6.45, 7) is 1.97. The molecule has 1 atom stereocenters. The number of nitrogens with one attached hydrogen (secondary N) is 1. The van der Waals surface area contributed by atoms with Crippen LogP contribution in [-0.4, -0.2) is 45.8 Å². The highest BCUT2D eigenvalue weighted by Gasteiger charge is 2.20. The number of tetrazole rings is 1. The van der Waals surface area contributed by atoms with Crippen LogP contribution in [0.1, 0.15) is 24.9 Å². The lowest BCUT2D eigenvalue weighted by molar-refractivity contribution is -0.143. The van der Waals surface area contributed by atoms with Gasteiger partial charge in [0.25, 0.3) is 0 Å². The van der Waals surface area contributed by atoms with Crippen molar-refractivity contribution in [2.45, 2.75) is 25.9 Å². The lowest BCUT2D eigenvalue weighted by atomic mass is 10.0. The van der Waals surface area contributed by atoms with Gasteiger partial charge in [-0.15, -0.1) is 5.10 Å². The van der Waals surface area contributed by atoms with Crippen LogP contribution in [-0.2, 0) is 20.9 Å². The summed E-state index contributed by atoms with van der Waals surface area (Å²) in [6, 6.07) is 6.61. The number of esters is 1. The molecule has 24 heavy (non-hydrogen) atoms. The molecule has 0 aliphatic rings. The summed E-state index contributed by atoms with van der Waals surface area (Å²) in [7, 11) is 1.55. The Labute approximate surface area is 138 Å². The molecule has 1 heterocycles. The van der Waals surface area contributed by atoms with Crippen LogP contribution in [0.2, 0.25) is 0 Å². The molecule has 2 aromatic rings. The van der Waals surface area contributed by atoms with E-state index in [2.05, 4.69) is 20.8 Å². The van der Waals surface area contributed by atoms with Gasteiger partial charge in [0.2, 0.25) is 5.91 Å². The normalized spacial score (nSPS) is 11.6. The molecule has 0 saturated carbocycles. The molecular formula is C15H19N5O4. The van der Waals surface area contributed by atoms with E-state index in [1.807, 2.05) is 6.07 Å². The number of hydrogen-bond acceptors (Lipinski definition) is 7. The third-order valence-corrected chi connectivity index (χ3v) is 3.20. The first-order valence-corrected chi connectivity index (χ1v) is 7.42. The molecule has 0 fully saturated rings. The molecule has 0 aliphatic heterocycles. The number of rotatable bonds is 8. The van der Waals surface area contributed by atoms with Gasteiger partial charge in [-0.3, -0.25) is 9.59 Å². The fraction of sp³-hybridized carbons (Fsp3) is 0.400. The second-order valence-corrected chi connectivity index (χ2v) is 4.91. The lowest BCUT2D eigenvalue weighted by Crippen LogP contribution is -2.33. The molecule has 0 saturated heterocycles. The van der Waals surface area contributed by atoms with Crippen molar-refractivity contribution >= 4 is 11.9 Å². The summed E-state index contributed by atoms with van der Waals surface area (Å²) in [5.41, 5.74) is 0.743. The molecule has 0 radical (unpaired) electrons. The average Bonchev–Trinajstić information content (AvgIpc) is 3.07. The molecule has 9 nitrogen and oxygen atoms in total. The molecular weight excluding hydrogens is 314 g/mol. The van der Waals surface area contributed by atoms with E-state index in [4.69, 9.17) is 9.47 Å². The first-order valence-electron chi connectivity index (χ1n) is 7.42. The van der Waals surface area contributed by atoms with Crippen LogP contribution in [0.3, 0.4) is 0 Å². The molecule has 0 spiro atoms. The largest absolute Gasteiger partial charge is 0.497 e. The van der Waals surface area contributed by atoms with E-state index in [9.17, 15) is 9.59 Å². The van der Waals surface area contributed by atoms with Crippen molar-refractivity contribution in [2.24, 2.45) is 0 Å². The molecule has 1 amide bonds. The fourth-order valence-electron chi connectivity index (χ4n) is 2.14. The minimum absolute atomic E-state index is 0.0162. The second-order valence-electron chi connectivity index (χ2n) is 4.91. The average molecular weight is 333 g/mol. The van der Waals surface area contributed by atoms with Crippen LogP contribution in [0, 0.1) is 0 Å². The summed E-state index contributed by atoms with van der Waals surface area (Å²) in [6.07, 6.45) is 1.35. The molecule has 2 rings (SSSR count). The number of carbonyl (C=O) groups is 2. The van der Waals surface area contributed by atoms with Crippen molar-refractivity contribution in [3.05, 3.63) is 36.2 Å². The SMILES string of the molecule is CCOC(=O)C[C@H](NC(=O)Cn1cnnn1)c1cccc(OC)c1. The Kier molecular flexibility index (Phi) is 6.23. The number of carbonyl (C=O) groups excluding carboxylic acids is 2. The van der Waals surface area contributed by atoms with Crippen molar-refractivity contribution in [1.82, 2.24) is 25.5 Å². The highest BCUT2D eigenvalue weighted by atomic mass is 16.5. The summed E-state index contributed by atoms with van der Waals surface area (Å²) < 4.78 is 11.5. The monoisotopic (exact) mass is 333 g/mol. The van der Waals surface area contributed by atoms with Gasteiger partial charge >= 0.3 is 5.97 Å². The summed E-state index contributed by atoms with van der Waals surface area (Å²) >= 11 is 0. The van der Waals surface area contributed by atoms with Gasteiger partial charge in [0.1, 0.15) is 18.6 Å². The van der Waals surface area contributed by atoms with Crippen molar-refractivity contribution < 1.29 is 19.1 Å². The highest BCUT2D eigenvalue weighted by Crippen LogP contribution is 2.22. The Morgan fingerprint density at radius 2 is 2.21 bits per heavy atom. The minimum atomic E-state index is -0.539. The molecule has 1 aromatic carbocycles. The Bertz CT molecular complexity index is 674. The molecule has 128 valence electrons. The smallest absolute Gasteiger partial charge is 0.308 e. The molecule has 1 aromatic heterocycles. The molecule has 0 aliphatic carbocycles. The third-order valence-electron chi connectivity index (χ3n) is 3.20. The number of aromatic nitrogens is 4. The summed E-state index contributed by atoms with van der Waals surface area (Å²) in [5.74, 6) is -0.0801. The Morgan fingerprint density at radius 3 is 2.88 bits per heavy atom. The standard InChI is InChI=1S/C15H19N5O4/c1-3-24-15(22)8-13(11-5-4-6-12(7-11)23-2)17-14(21)9-20-10-16-18-19-20/h4-7,10,13H,3,8-9H2,1-2H3,(H,17,21)/t13-/m0/s1. The Balaban J connectivity index is 2.12. The van der Waals surface area contributed by atoms with Crippen LogP contribution in [0.5, 0.6) is 5.75 Å². The third kappa shape index (κ3) is 5.04. The topological polar surface area (TPSA) is 108 Å². The van der Waals surface area contributed by atoms with Gasteiger partial charge in [-0.2, -0.15) is 0 Å². The number of nitrogens with zero attached hydrogens (tertiary/aromatic N) is 4. The second kappa shape index (κ2) is 8.61. The van der Waals surface area contributed by atoms with Crippen LogP contribution in [0.4, 0.5) is 0 Å². The first kappa shape index (κ1) is 17.4. The number of methoxy groups -OCH3 is 1. The van der Waals surface area contributed by atoms with Crippen molar-refractivity contribution in [3.63, 3.8) is 0 Å². The van der Waals surface area contributed by atoms with Crippen LogP contribution in [0.25, 0.3) is 0 Å². The summed E-state index contributed by atoms with van der Waals surface area (Å²) in [4.78, 5) is 24.0. The van der Waals surface area contributed by atoms with Crippen LogP contribution in [0.15, 0.2) is 30.6 Å².